The zero-order chi connectivity index (χ0) is 17.1. The van der Waals surface area contributed by atoms with Crippen molar-refractivity contribution in [3.8, 4) is 0 Å². The van der Waals surface area contributed by atoms with Gasteiger partial charge < -0.3 is 14.9 Å². The van der Waals surface area contributed by atoms with Crippen LogP contribution in [0.25, 0.3) is 0 Å². The molecule has 24 heavy (non-hydrogen) atoms. The summed E-state index contributed by atoms with van der Waals surface area (Å²) >= 11 is 1.32. The SMILES string of the molecule is O=c1[nH]c(=O)n([C@@H]2C[C@@H](O)[C@H](CO)O2)cc1SCc1ccccc1. The highest BCUT2D eigenvalue weighted by Crippen LogP contribution is 2.28. The van der Waals surface area contributed by atoms with Gasteiger partial charge >= 0.3 is 5.69 Å². The second kappa shape index (κ2) is 7.35. The normalized spacial score (nSPS) is 23.5. The third-order valence-corrected chi connectivity index (χ3v) is 4.95. The molecule has 0 aliphatic carbocycles. The number of thioether (sulfide) groups is 1. The summed E-state index contributed by atoms with van der Waals surface area (Å²) in [4.78, 5) is 26.7. The standard InChI is InChI=1S/C16H18N2O5S/c19-8-12-11(20)6-14(23-12)18-7-13(15(21)17-16(18)22)24-9-10-4-2-1-3-5-10/h1-5,7,11-12,14,19-20H,6,8-9H2,(H,17,21,22)/t11-,12+,14+/m1/s1. The number of hydrogen-bond donors (Lipinski definition) is 3. The minimum atomic E-state index is -0.848. The molecule has 128 valence electrons. The minimum absolute atomic E-state index is 0.181. The quantitative estimate of drug-likeness (QED) is 0.677. The number of nitrogens with one attached hydrogen (secondary N) is 1. The summed E-state index contributed by atoms with van der Waals surface area (Å²) in [7, 11) is 0. The number of nitrogens with zero attached hydrogens (tertiary/aromatic N) is 1. The van der Waals surface area contributed by atoms with Crippen LogP contribution in [-0.4, -0.2) is 38.6 Å². The molecule has 1 aliphatic rings. The predicted molar refractivity (Wildman–Crippen MR) is 88.9 cm³/mol. The van der Waals surface area contributed by atoms with Gasteiger partial charge in [-0.3, -0.25) is 14.3 Å². The van der Waals surface area contributed by atoms with E-state index in [1.54, 1.807) is 0 Å². The van der Waals surface area contributed by atoms with Gasteiger partial charge in [0.2, 0.25) is 0 Å². The zero-order valence-electron chi connectivity index (χ0n) is 12.8. The highest BCUT2D eigenvalue weighted by atomic mass is 32.2. The molecule has 3 N–H and O–H groups in total. The molecule has 1 saturated heterocycles. The Labute approximate surface area is 141 Å². The Kier molecular flexibility index (Phi) is 5.20. The maximum absolute atomic E-state index is 12.0. The van der Waals surface area contributed by atoms with Gasteiger partial charge in [0, 0.05) is 18.4 Å². The van der Waals surface area contributed by atoms with Gasteiger partial charge in [-0.25, -0.2) is 4.79 Å². The molecule has 8 heteroatoms. The molecule has 1 aromatic carbocycles. The fraction of sp³-hybridized carbons (Fsp3) is 0.375. The van der Waals surface area contributed by atoms with E-state index in [4.69, 9.17) is 9.84 Å². The highest BCUT2D eigenvalue weighted by Gasteiger charge is 2.35. The lowest BCUT2D eigenvalue weighted by molar-refractivity contribution is -0.0461. The lowest BCUT2D eigenvalue weighted by Crippen LogP contribution is -2.33. The van der Waals surface area contributed by atoms with Crippen LogP contribution in [0.5, 0.6) is 0 Å². The molecule has 0 spiro atoms. The van der Waals surface area contributed by atoms with E-state index in [-0.39, 0.29) is 13.0 Å². The molecule has 0 radical (unpaired) electrons. The van der Waals surface area contributed by atoms with E-state index < -0.39 is 29.7 Å². The molecule has 0 unspecified atom stereocenters. The van der Waals surface area contributed by atoms with Crippen molar-refractivity contribution in [2.75, 3.05) is 6.61 Å². The van der Waals surface area contributed by atoms with Crippen molar-refractivity contribution >= 4 is 11.8 Å². The summed E-state index contributed by atoms with van der Waals surface area (Å²) in [6, 6.07) is 9.67. The topological polar surface area (TPSA) is 105 Å². The van der Waals surface area contributed by atoms with Gasteiger partial charge in [-0.05, 0) is 5.56 Å². The number of rotatable bonds is 5. The molecular formula is C16H18N2O5S. The van der Waals surface area contributed by atoms with Crippen molar-refractivity contribution in [3.05, 3.63) is 62.9 Å². The van der Waals surface area contributed by atoms with Crippen LogP contribution in [0, 0.1) is 0 Å². The molecule has 2 heterocycles. The van der Waals surface area contributed by atoms with E-state index >= 15 is 0 Å². The monoisotopic (exact) mass is 350 g/mol. The largest absolute Gasteiger partial charge is 0.394 e. The first-order valence-electron chi connectivity index (χ1n) is 7.55. The summed E-state index contributed by atoms with van der Waals surface area (Å²) in [5, 5.41) is 19.0. The summed E-state index contributed by atoms with van der Waals surface area (Å²) in [6.45, 7) is -0.328. The second-order valence-electron chi connectivity index (χ2n) is 5.55. The third kappa shape index (κ3) is 3.62. The molecular weight excluding hydrogens is 332 g/mol. The lowest BCUT2D eigenvalue weighted by atomic mass is 10.2. The smallest absolute Gasteiger partial charge is 0.330 e. The maximum Gasteiger partial charge on any atom is 0.330 e. The Hall–Kier alpha value is -1.87. The molecule has 0 saturated carbocycles. The number of H-pyrrole nitrogens is 1. The summed E-state index contributed by atoms with van der Waals surface area (Å²) in [6.07, 6.45) is -0.655. The Balaban J connectivity index is 1.81. The van der Waals surface area contributed by atoms with Gasteiger partial charge in [0.15, 0.2) is 0 Å². The molecule has 7 nitrogen and oxygen atoms in total. The number of aromatic amines is 1. The number of aliphatic hydroxyl groups excluding tert-OH is 2. The average Bonchev–Trinajstić information content (AvgIpc) is 2.95. The molecule has 1 aromatic heterocycles. The van der Waals surface area contributed by atoms with Crippen molar-refractivity contribution < 1.29 is 14.9 Å². The van der Waals surface area contributed by atoms with E-state index in [2.05, 4.69) is 4.98 Å². The predicted octanol–water partition coefficient (Wildman–Crippen LogP) is 0.470. The van der Waals surface area contributed by atoms with Gasteiger partial charge in [0.05, 0.1) is 17.6 Å². The molecule has 0 bridgehead atoms. The van der Waals surface area contributed by atoms with Gasteiger partial charge in [0.25, 0.3) is 5.56 Å². The van der Waals surface area contributed by atoms with E-state index in [0.717, 1.165) is 5.56 Å². The van der Waals surface area contributed by atoms with E-state index in [0.29, 0.717) is 10.6 Å². The molecule has 2 aromatic rings. The van der Waals surface area contributed by atoms with Crippen molar-refractivity contribution in [3.63, 3.8) is 0 Å². The van der Waals surface area contributed by atoms with Crippen molar-refractivity contribution in [2.45, 2.75) is 35.5 Å². The van der Waals surface area contributed by atoms with Gasteiger partial charge in [-0.15, -0.1) is 11.8 Å². The number of aliphatic hydroxyl groups is 2. The maximum atomic E-state index is 12.0. The van der Waals surface area contributed by atoms with Crippen LogP contribution in [0.2, 0.25) is 0 Å². The number of aromatic nitrogens is 2. The van der Waals surface area contributed by atoms with Gasteiger partial charge in [-0.2, -0.15) is 0 Å². The molecule has 1 aliphatic heterocycles. The van der Waals surface area contributed by atoms with Crippen LogP contribution < -0.4 is 11.2 Å². The van der Waals surface area contributed by atoms with Crippen LogP contribution in [0.15, 0.2) is 51.0 Å². The van der Waals surface area contributed by atoms with Gasteiger partial charge in [0.1, 0.15) is 12.3 Å². The van der Waals surface area contributed by atoms with Crippen LogP contribution in [-0.2, 0) is 10.5 Å². The summed E-state index contributed by atoms with van der Waals surface area (Å²) < 4.78 is 6.74. The number of benzene rings is 1. The Bertz CT molecular complexity index is 804. The molecule has 3 atom stereocenters. The van der Waals surface area contributed by atoms with E-state index in [1.165, 1.54) is 22.5 Å². The van der Waals surface area contributed by atoms with Crippen LogP contribution in [0.1, 0.15) is 18.2 Å². The van der Waals surface area contributed by atoms with Crippen LogP contribution in [0.3, 0.4) is 0 Å². The van der Waals surface area contributed by atoms with E-state index in [9.17, 15) is 14.7 Å². The zero-order valence-corrected chi connectivity index (χ0v) is 13.6. The fourth-order valence-electron chi connectivity index (χ4n) is 2.57. The summed E-state index contributed by atoms with van der Waals surface area (Å²) in [5.74, 6) is 0.593. The van der Waals surface area contributed by atoms with Gasteiger partial charge in [-0.1, -0.05) is 30.3 Å². The van der Waals surface area contributed by atoms with Crippen molar-refractivity contribution in [2.24, 2.45) is 0 Å². The molecule has 3 rings (SSSR count). The van der Waals surface area contributed by atoms with Crippen molar-refractivity contribution in [1.29, 1.82) is 0 Å². The third-order valence-electron chi connectivity index (χ3n) is 3.87. The molecule has 0 amide bonds. The van der Waals surface area contributed by atoms with Crippen LogP contribution in [0.4, 0.5) is 0 Å². The first kappa shape index (κ1) is 17.0. The second-order valence-corrected chi connectivity index (χ2v) is 6.57. The fourth-order valence-corrected chi connectivity index (χ4v) is 3.45. The Morgan fingerprint density at radius 1 is 1.29 bits per heavy atom. The highest BCUT2D eigenvalue weighted by molar-refractivity contribution is 7.98. The lowest BCUT2D eigenvalue weighted by Gasteiger charge is -2.15. The summed E-state index contributed by atoms with van der Waals surface area (Å²) in [5.41, 5.74) is 0.0156. The number of ether oxygens (including phenoxy) is 1. The van der Waals surface area contributed by atoms with Crippen LogP contribution >= 0.6 is 11.8 Å². The Morgan fingerprint density at radius 3 is 2.71 bits per heavy atom. The Morgan fingerprint density at radius 2 is 2.04 bits per heavy atom. The first-order chi connectivity index (χ1) is 11.6. The first-order valence-corrected chi connectivity index (χ1v) is 8.53. The molecule has 1 fully saturated rings. The minimum Gasteiger partial charge on any atom is -0.394 e. The van der Waals surface area contributed by atoms with E-state index in [1.807, 2.05) is 30.3 Å². The van der Waals surface area contributed by atoms with Crippen molar-refractivity contribution in [1.82, 2.24) is 9.55 Å². The average molecular weight is 350 g/mol. The number of hydrogen-bond acceptors (Lipinski definition) is 6.